The second kappa shape index (κ2) is 8.82. The normalized spacial score (nSPS) is 30.1. The van der Waals surface area contributed by atoms with Crippen molar-refractivity contribution in [2.75, 3.05) is 7.11 Å². The van der Waals surface area contributed by atoms with E-state index in [2.05, 4.69) is 0 Å². The Labute approximate surface area is 215 Å². The van der Waals surface area contributed by atoms with Crippen molar-refractivity contribution in [2.45, 2.75) is 63.8 Å². The molecule has 6 rings (SSSR count). The van der Waals surface area contributed by atoms with Crippen LogP contribution in [0, 0.1) is 17.8 Å². The predicted octanol–water partition coefficient (Wildman–Crippen LogP) is 4.16. The number of hydrogen-bond acceptors (Lipinski definition) is 6. The topological polar surface area (TPSA) is 101 Å². The van der Waals surface area contributed by atoms with Crippen LogP contribution in [0.1, 0.15) is 63.4 Å². The summed E-state index contributed by atoms with van der Waals surface area (Å²) in [5, 5.41) is 11.0. The summed E-state index contributed by atoms with van der Waals surface area (Å²) < 4.78 is 5.59. The molecular weight excluding hydrogens is 470 g/mol. The zero-order chi connectivity index (χ0) is 26.0. The smallest absolute Gasteiger partial charge is 0.233 e. The van der Waals surface area contributed by atoms with Crippen LogP contribution in [-0.2, 0) is 19.2 Å². The number of amides is 2. The van der Waals surface area contributed by atoms with Crippen LogP contribution < -0.4 is 4.74 Å². The van der Waals surface area contributed by atoms with Gasteiger partial charge in [-0.2, -0.15) is 0 Å². The second-order valence-electron chi connectivity index (χ2n) is 11.0. The Bertz CT molecular complexity index is 1330. The first-order valence-electron chi connectivity index (χ1n) is 13.3. The lowest BCUT2D eigenvalue weighted by molar-refractivity contribution is -0.143. The molecule has 0 radical (unpaired) electrons. The zero-order valence-electron chi connectivity index (χ0n) is 21.2. The van der Waals surface area contributed by atoms with Gasteiger partial charge in [0, 0.05) is 34.2 Å². The number of carbonyl (C=O) groups is 4. The maximum atomic E-state index is 13.9. The van der Waals surface area contributed by atoms with Crippen molar-refractivity contribution >= 4 is 23.4 Å². The van der Waals surface area contributed by atoms with Crippen LogP contribution in [0.4, 0.5) is 0 Å². The van der Waals surface area contributed by atoms with Gasteiger partial charge in [0.1, 0.15) is 11.5 Å². The molecule has 0 spiro atoms. The Morgan fingerprint density at radius 2 is 1.76 bits per heavy atom. The summed E-state index contributed by atoms with van der Waals surface area (Å²) in [6.45, 7) is 1.63. The first kappa shape index (κ1) is 23.9. The van der Waals surface area contributed by atoms with Crippen LogP contribution in [0.25, 0.3) is 0 Å². The molecule has 1 saturated heterocycles. The van der Waals surface area contributed by atoms with Gasteiger partial charge < -0.3 is 9.84 Å². The summed E-state index contributed by atoms with van der Waals surface area (Å²) in [6, 6.07) is 4.87. The molecule has 1 heterocycles. The van der Waals surface area contributed by atoms with Crippen LogP contribution in [0.3, 0.4) is 0 Å². The van der Waals surface area contributed by atoms with E-state index in [1.807, 2.05) is 6.08 Å². The fourth-order valence-corrected chi connectivity index (χ4v) is 7.44. The van der Waals surface area contributed by atoms with E-state index in [1.165, 1.54) is 18.1 Å². The van der Waals surface area contributed by atoms with Crippen LogP contribution in [0.15, 0.2) is 52.6 Å². The molecule has 37 heavy (non-hydrogen) atoms. The van der Waals surface area contributed by atoms with Gasteiger partial charge in [-0.1, -0.05) is 37.0 Å². The Hall–Kier alpha value is -3.48. The molecule has 7 heteroatoms. The Morgan fingerprint density at radius 3 is 2.49 bits per heavy atom. The number of methoxy groups -OCH3 is 1. The molecule has 4 unspecified atom stereocenters. The third-order valence-corrected chi connectivity index (χ3v) is 9.09. The van der Waals surface area contributed by atoms with Crippen molar-refractivity contribution in [1.82, 2.24) is 4.90 Å². The summed E-state index contributed by atoms with van der Waals surface area (Å²) in [7, 11) is 1.50. The molecule has 1 saturated carbocycles. The molecule has 5 aliphatic rings. The number of aromatic hydroxyl groups is 1. The lowest BCUT2D eigenvalue weighted by Gasteiger charge is -2.42. The number of rotatable bonds is 3. The van der Waals surface area contributed by atoms with Crippen LogP contribution >= 0.6 is 0 Å². The number of fused-ring (bicyclic) bond motifs is 3. The number of allylic oxidation sites excluding steroid dienone is 6. The highest BCUT2D eigenvalue weighted by Crippen LogP contribution is 2.57. The van der Waals surface area contributed by atoms with Crippen LogP contribution in [-0.4, -0.2) is 46.5 Å². The largest absolute Gasteiger partial charge is 0.507 e. The quantitative estimate of drug-likeness (QED) is 0.379. The number of phenolic OH excluding ortho intramolecular Hbond substituents is 1. The van der Waals surface area contributed by atoms with Crippen LogP contribution in [0.2, 0.25) is 0 Å². The molecule has 2 amide bonds. The number of likely N-dealkylation sites (tertiary alicyclic amines) is 1. The minimum Gasteiger partial charge on any atom is -0.507 e. The number of imide groups is 1. The minimum absolute atomic E-state index is 0.0379. The summed E-state index contributed by atoms with van der Waals surface area (Å²) >= 11 is 0. The van der Waals surface area contributed by atoms with Gasteiger partial charge in [0.05, 0.1) is 18.9 Å². The average molecular weight is 502 g/mol. The molecule has 0 aromatic heterocycles. The first-order chi connectivity index (χ1) is 17.8. The Balaban J connectivity index is 1.50. The van der Waals surface area contributed by atoms with Gasteiger partial charge in [-0.25, -0.2) is 0 Å². The summed E-state index contributed by atoms with van der Waals surface area (Å²) in [4.78, 5) is 55.8. The van der Waals surface area contributed by atoms with Gasteiger partial charge >= 0.3 is 0 Å². The van der Waals surface area contributed by atoms with Crippen molar-refractivity contribution in [2.24, 2.45) is 17.8 Å². The van der Waals surface area contributed by atoms with Crippen molar-refractivity contribution in [3.05, 3.63) is 58.2 Å². The van der Waals surface area contributed by atoms with Gasteiger partial charge in [-0.15, -0.1) is 0 Å². The minimum atomic E-state index is -0.724. The number of Topliss-reactive ketones (excluding diaryl/α,β-unsaturated/α-hetero) is 1. The SMILES string of the molecule is COc1cccc(O)c1C1C2=CCC3C(=O)N(C4CCCCC4)C(=O)C3C2CC2=C1C(=O)C=C(C)C2=O. The summed E-state index contributed by atoms with van der Waals surface area (Å²) in [5.74, 6) is -2.51. The highest BCUT2D eigenvalue weighted by molar-refractivity contribution is 6.23. The number of ketones is 2. The highest BCUT2D eigenvalue weighted by atomic mass is 16.5. The molecule has 1 N–H and O–H groups in total. The van der Waals surface area contributed by atoms with Crippen molar-refractivity contribution < 1.29 is 29.0 Å². The molecule has 0 bridgehead atoms. The van der Waals surface area contributed by atoms with E-state index in [9.17, 15) is 24.3 Å². The van der Waals surface area contributed by atoms with E-state index < -0.39 is 23.7 Å². The van der Waals surface area contributed by atoms with E-state index in [4.69, 9.17) is 4.74 Å². The fraction of sp³-hybridized carbons (Fsp3) is 0.467. The van der Waals surface area contributed by atoms with Gasteiger partial charge in [0.25, 0.3) is 0 Å². The van der Waals surface area contributed by atoms with Gasteiger partial charge in [-0.3, -0.25) is 24.1 Å². The van der Waals surface area contributed by atoms with Crippen molar-refractivity contribution in [1.29, 1.82) is 0 Å². The lowest BCUT2D eigenvalue weighted by atomic mass is 9.59. The number of nitrogens with zero attached hydrogens (tertiary/aromatic N) is 1. The highest BCUT2D eigenvalue weighted by Gasteiger charge is 2.57. The fourth-order valence-electron chi connectivity index (χ4n) is 7.44. The number of carbonyl (C=O) groups excluding carboxylic acids is 4. The number of phenols is 1. The van der Waals surface area contributed by atoms with Crippen molar-refractivity contribution in [3.63, 3.8) is 0 Å². The molecule has 1 aromatic carbocycles. The zero-order valence-corrected chi connectivity index (χ0v) is 21.2. The number of ether oxygens (including phenoxy) is 1. The van der Waals surface area contributed by atoms with Gasteiger partial charge in [0.15, 0.2) is 11.6 Å². The molecule has 1 aliphatic heterocycles. The maximum Gasteiger partial charge on any atom is 0.233 e. The summed E-state index contributed by atoms with van der Waals surface area (Å²) in [5.41, 5.74) is 2.34. The van der Waals surface area contributed by atoms with E-state index >= 15 is 0 Å². The first-order valence-corrected chi connectivity index (χ1v) is 13.3. The molecule has 7 nitrogen and oxygen atoms in total. The third kappa shape index (κ3) is 3.46. The van der Waals surface area contributed by atoms with Crippen LogP contribution in [0.5, 0.6) is 11.5 Å². The molecule has 2 fully saturated rings. The van der Waals surface area contributed by atoms with E-state index in [1.54, 1.807) is 25.1 Å². The monoisotopic (exact) mass is 501 g/mol. The predicted molar refractivity (Wildman–Crippen MR) is 135 cm³/mol. The third-order valence-electron chi connectivity index (χ3n) is 9.09. The molecule has 4 aliphatic carbocycles. The van der Waals surface area contributed by atoms with E-state index in [0.29, 0.717) is 34.5 Å². The van der Waals surface area contributed by atoms with E-state index in [-0.39, 0.29) is 41.6 Å². The Kier molecular flexibility index (Phi) is 5.70. The number of hydrogen-bond donors (Lipinski definition) is 1. The summed E-state index contributed by atoms with van der Waals surface area (Å²) in [6.07, 6.45) is 8.80. The number of benzene rings is 1. The second-order valence-corrected chi connectivity index (χ2v) is 11.0. The van der Waals surface area contributed by atoms with E-state index in [0.717, 1.165) is 37.7 Å². The molecule has 4 atom stereocenters. The Morgan fingerprint density at radius 1 is 1.00 bits per heavy atom. The standard InChI is InChI=1S/C30H31NO6/c1-15-13-22(33)25-20(28(15)34)14-19-17(26(25)27-21(32)9-6-10-23(27)37-2)11-12-18-24(19)30(36)31(29(18)35)16-7-4-3-5-8-16/h6,9-11,13,16,18-19,24,26,32H,3-5,7-8,12,14H2,1-2H3. The van der Waals surface area contributed by atoms with Gasteiger partial charge in [-0.05, 0) is 56.7 Å². The van der Waals surface area contributed by atoms with Crippen molar-refractivity contribution in [3.8, 4) is 11.5 Å². The average Bonchev–Trinajstić information content (AvgIpc) is 3.16. The molecular formula is C30H31NO6. The molecule has 1 aromatic rings. The lowest BCUT2D eigenvalue weighted by Crippen LogP contribution is -2.43. The molecule has 192 valence electrons. The maximum absolute atomic E-state index is 13.9. The van der Waals surface area contributed by atoms with Gasteiger partial charge in [0.2, 0.25) is 11.8 Å².